The number of aryl methyl sites for hydroxylation is 2. The Morgan fingerprint density at radius 3 is 2.71 bits per heavy atom. The van der Waals surface area contributed by atoms with Crippen molar-refractivity contribution in [1.82, 2.24) is 25.0 Å². The van der Waals surface area contributed by atoms with Crippen molar-refractivity contribution in [3.63, 3.8) is 0 Å². The van der Waals surface area contributed by atoms with E-state index in [0.717, 1.165) is 79.4 Å². The van der Waals surface area contributed by atoms with Gasteiger partial charge in [0.1, 0.15) is 0 Å². The van der Waals surface area contributed by atoms with Crippen molar-refractivity contribution >= 4 is 28.2 Å². The number of fused-ring (bicyclic) bond motifs is 1. The van der Waals surface area contributed by atoms with Crippen LogP contribution in [0, 0.1) is 13.8 Å². The number of thiocarbonyl (C=S) groups is 1. The lowest BCUT2D eigenvalue weighted by Crippen LogP contribution is -2.47. The molecule has 7 heteroatoms. The number of likely N-dealkylation sites (tertiary alicyclic amines) is 1. The highest BCUT2D eigenvalue weighted by Gasteiger charge is 2.26. The molecule has 0 unspecified atom stereocenters. The molecule has 0 bridgehead atoms. The summed E-state index contributed by atoms with van der Waals surface area (Å²) in [6, 6.07) is 6.74. The Bertz CT molecular complexity index is 1020. The van der Waals surface area contributed by atoms with E-state index in [2.05, 4.69) is 71.8 Å². The first-order valence-corrected chi connectivity index (χ1v) is 13.4. The summed E-state index contributed by atoms with van der Waals surface area (Å²) in [6.07, 6.45) is 3.46. The monoisotopic (exact) mass is 485 g/mol. The summed E-state index contributed by atoms with van der Waals surface area (Å²) >= 11 is 5.87. The minimum absolute atomic E-state index is 0.0192. The molecule has 2 N–H and O–H groups in total. The number of hydrogen-bond donors (Lipinski definition) is 2. The Morgan fingerprint density at radius 1 is 1.24 bits per heavy atom. The fourth-order valence-corrected chi connectivity index (χ4v) is 5.28. The Hall–Kier alpha value is -1.96. The van der Waals surface area contributed by atoms with Gasteiger partial charge in [0.15, 0.2) is 5.11 Å². The van der Waals surface area contributed by atoms with Gasteiger partial charge in [-0.25, -0.2) is 0 Å². The average Bonchev–Trinajstić information content (AvgIpc) is 3.29. The molecule has 1 aliphatic heterocycles. The first-order chi connectivity index (χ1) is 16.4. The predicted octanol–water partition coefficient (Wildman–Crippen LogP) is 4.04. The third kappa shape index (κ3) is 6.58. The number of nitrogens with zero attached hydrogens (tertiary/aromatic N) is 3. The summed E-state index contributed by atoms with van der Waals surface area (Å²) in [6.45, 7) is 18.4. The number of likely N-dealkylation sites (N-methyl/N-ethyl adjacent to an activating group) is 1. The van der Waals surface area contributed by atoms with E-state index >= 15 is 0 Å². The molecule has 0 spiro atoms. The average molecular weight is 486 g/mol. The zero-order valence-electron chi connectivity index (χ0n) is 21.7. The van der Waals surface area contributed by atoms with Gasteiger partial charge in [-0.15, -0.1) is 0 Å². The summed E-state index contributed by atoms with van der Waals surface area (Å²) in [5.41, 5.74) is 4.00. The van der Waals surface area contributed by atoms with Crippen molar-refractivity contribution in [1.29, 1.82) is 0 Å². The van der Waals surface area contributed by atoms with Gasteiger partial charge in [-0.2, -0.15) is 0 Å². The van der Waals surface area contributed by atoms with Gasteiger partial charge >= 0.3 is 0 Å². The van der Waals surface area contributed by atoms with Crippen LogP contribution in [0.1, 0.15) is 56.7 Å². The first kappa shape index (κ1) is 26.6. The second-order valence-corrected chi connectivity index (χ2v) is 9.90. The molecule has 1 aliphatic rings. The minimum atomic E-state index is -0.0192. The van der Waals surface area contributed by atoms with Crippen molar-refractivity contribution in [2.45, 2.75) is 66.5 Å². The second kappa shape index (κ2) is 12.7. The molecule has 0 aliphatic carbocycles. The highest BCUT2D eigenvalue weighted by molar-refractivity contribution is 7.80. The second-order valence-electron chi connectivity index (χ2n) is 9.51. The summed E-state index contributed by atoms with van der Waals surface area (Å²) in [7, 11) is 0. The Kier molecular flexibility index (Phi) is 9.92. The summed E-state index contributed by atoms with van der Waals surface area (Å²) in [5.74, 6) is 0. The van der Waals surface area contributed by atoms with Crippen LogP contribution < -0.4 is 10.9 Å². The smallest absolute Gasteiger partial charge is 0.253 e. The molecular weight excluding hydrogens is 442 g/mol. The molecule has 34 heavy (non-hydrogen) atoms. The van der Waals surface area contributed by atoms with Gasteiger partial charge < -0.3 is 20.1 Å². The van der Waals surface area contributed by atoms with E-state index in [9.17, 15) is 4.79 Å². The third-order valence-electron chi connectivity index (χ3n) is 7.43. The predicted molar refractivity (Wildman–Crippen MR) is 148 cm³/mol. The van der Waals surface area contributed by atoms with E-state index in [1.165, 1.54) is 18.4 Å². The number of pyridine rings is 1. The number of H-pyrrole nitrogens is 1. The quantitative estimate of drug-likeness (QED) is 0.370. The Labute approximate surface area is 210 Å². The van der Waals surface area contributed by atoms with E-state index in [1.54, 1.807) is 0 Å². The molecule has 1 fully saturated rings. The summed E-state index contributed by atoms with van der Waals surface area (Å²) in [5, 5.41) is 5.31. The molecule has 1 atom stereocenters. The van der Waals surface area contributed by atoms with Crippen molar-refractivity contribution in [2.75, 3.05) is 45.8 Å². The van der Waals surface area contributed by atoms with Gasteiger partial charge in [0, 0.05) is 24.7 Å². The summed E-state index contributed by atoms with van der Waals surface area (Å²) < 4.78 is 0. The van der Waals surface area contributed by atoms with Crippen LogP contribution in [0.25, 0.3) is 10.9 Å². The Balaban J connectivity index is 1.76. The maximum atomic E-state index is 13.1. The molecule has 0 saturated carbocycles. The van der Waals surface area contributed by atoms with Crippen LogP contribution in [0.4, 0.5) is 0 Å². The number of nitrogens with one attached hydrogen (secondary N) is 2. The summed E-state index contributed by atoms with van der Waals surface area (Å²) in [4.78, 5) is 23.4. The molecule has 1 aromatic heterocycles. The number of aromatic amines is 1. The van der Waals surface area contributed by atoms with Gasteiger partial charge in [0.2, 0.25) is 0 Å². The normalized spacial score (nSPS) is 16.5. The van der Waals surface area contributed by atoms with Crippen LogP contribution in [0.15, 0.2) is 23.0 Å². The molecule has 1 aromatic carbocycles. The maximum absolute atomic E-state index is 13.1. The first-order valence-electron chi connectivity index (χ1n) is 13.0. The van der Waals surface area contributed by atoms with Crippen LogP contribution >= 0.6 is 12.2 Å². The van der Waals surface area contributed by atoms with Crippen LogP contribution in [0.5, 0.6) is 0 Å². The Morgan fingerprint density at radius 2 is 2.00 bits per heavy atom. The van der Waals surface area contributed by atoms with E-state index in [0.29, 0.717) is 12.6 Å². The van der Waals surface area contributed by atoms with Crippen molar-refractivity contribution in [3.8, 4) is 0 Å². The molecule has 2 aromatic rings. The molecule has 188 valence electrons. The largest absolute Gasteiger partial charge is 0.363 e. The van der Waals surface area contributed by atoms with Gasteiger partial charge in [0.25, 0.3) is 5.56 Å². The van der Waals surface area contributed by atoms with Crippen molar-refractivity contribution in [2.24, 2.45) is 0 Å². The third-order valence-corrected chi connectivity index (χ3v) is 7.84. The van der Waals surface area contributed by atoms with Crippen LogP contribution in [0.2, 0.25) is 0 Å². The van der Waals surface area contributed by atoms with Crippen LogP contribution in [-0.4, -0.2) is 76.7 Å². The van der Waals surface area contributed by atoms with Crippen LogP contribution in [-0.2, 0) is 6.54 Å². The van der Waals surface area contributed by atoms with E-state index < -0.39 is 0 Å². The lowest BCUT2D eigenvalue weighted by molar-refractivity contribution is 0.219. The lowest BCUT2D eigenvalue weighted by Gasteiger charge is -2.32. The molecule has 0 amide bonds. The van der Waals surface area contributed by atoms with Gasteiger partial charge in [-0.1, -0.05) is 32.9 Å². The van der Waals surface area contributed by atoms with E-state index in [4.69, 9.17) is 12.2 Å². The molecule has 1 saturated heterocycles. The molecule has 2 heterocycles. The molecular formula is C27H43N5OS. The highest BCUT2D eigenvalue weighted by atomic mass is 32.1. The highest BCUT2D eigenvalue weighted by Crippen LogP contribution is 2.21. The lowest BCUT2D eigenvalue weighted by atomic mass is 10.0. The molecule has 6 nitrogen and oxygen atoms in total. The van der Waals surface area contributed by atoms with Gasteiger partial charge in [-0.05, 0) is 101 Å². The molecule has 3 rings (SSSR count). The minimum Gasteiger partial charge on any atom is -0.363 e. The standard InChI is InChI=1S/C27H43N5OS/c1-6-30(7-2)15-10-14-28-27(34)32(19-24-11-9-16-31(24)8-3)18-23-17-22-13-12-20(4)21(5)25(22)29-26(23)33/h12-13,17,24H,6-11,14-16,18-19H2,1-5H3,(H,28,34)(H,29,33)/t24-/m0/s1. The molecule has 0 radical (unpaired) electrons. The van der Waals surface area contributed by atoms with Gasteiger partial charge in [0.05, 0.1) is 12.1 Å². The van der Waals surface area contributed by atoms with E-state index in [1.807, 2.05) is 6.07 Å². The fourth-order valence-electron chi connectivity index (χ4n) is 5.03. The number of benzene rings is 1. The zero-order valence-corrected chi connectivity index (χ0v) is 22.6. The van der Waals surface area contributed by atoms with Crippen molar-refractivity contribution in [3.05, 3.63) is 45.2 Å². The van der Waals surface area contributed by atoms with E-state index in [-0.39, 0.29) is 5.56 Å². The SMILES string of the molecule is CCN(CC)CCCNC(=S)N(Cc1cc2ccc(C)c(C)c2[nH]c1=O)C[C@@H]1CCCN1CC. The topological polar surface area (TPSA) is 54.6 Å². The maximum Gasteiger partial charge on any atom is 0.253 e. The zero-order chi connectivity index (χ0) is 24.7. The van der Waals surface area contributed by atoms with Gasteiger partial charge in [-0.3, -0.25) is 9.69 Å². The number of rotatable bonds is 11. The van der Waals surface area contributed by atoms with Crippen LogP contribution in [0.3, 0.4) is 0 Å². The number of aromatic nitrogens is 1. The van der Waals surface area contributed by atoms with Crippen molar-refractivity contribution < 1.29 is 0 Å². The fraction of sp³-hybridized carbons (Fsp3) is 0.630. The number of hydrogen-bond acceptors (Lipinski definition) is 4.